The van der Waals surface area contributed by atoms with Crippen LogP contribution in [0.2, 0.25) is 0 Å². The Morgan fingerprint density at radius 1 is 1.22 bits per heavy atom. The van der Waals surface area contributed by atoms with Crippen LogP contribution in [0.1, 0.15) is 18.4 Å². The Hall–Kier alpha value is -2.16. The van der Waals surface area contributed by atoms with Gasteiger partial charge in [0.2, 0.25) is 0 Å². The van der Waals surface area contributed by atoms with Gasteiger partial charge in [-0.25, -0.2) is 4.68 Å². The van der Waals surface area contributed by atoms with E-state index in [2.05, 4.69) is 52.3 Å². The smallest absolute Gasteiger partial charge is 0.0645 e. The zero-order valence-corrected chi connectivity index (χ0v) is 13.6. The van der Waals surface area contributed by atoms with E-state index < -0.39 is 0 Å². The Morgan fingerprint density at radius 3 is 2.74 bits per heavy atom. The van der Waals surface area contributed by atoms with Crippen LogP contribution in [-0.2, 0) is 6.54 Å². The lowest BCUT2D eigenvalue weighted by atomic mass is 10.1. The number of likely N-dealkylation sites (N-methyl/N-ethyl adjacent to an activating group) is 1. The van der Waals surface area contributed by atoms with Crippen molar-refractivity contribution in [3.63, 3.8) is 0 Å². The lowest BCUT2D eigenvalue weighted by Crippen LogP contribution is -2.32. The van der Waals surface area contributed by atoms with Crippen molar-refractivity contribution in [3.05, 3.63) is 48.3 Å². The van der Waals surface area contributed by atoms with E-state index >= 15 is 0 Å². The van der Waals surface area contributed by atoms with Crippen LogP contribution in [0.3, 0.4) is 0 Å². The maximum atomic E-state index is 8.94. The summed E-state index contributed by atoms with van der Waals surface area (Å²) in [4.78, 5) is 4.81. The molecule has 0 amide bonds. The molecule has 1 aliphatic heterocycles. The average molecular weight is 309 g/mol. The first-order valence-corrected chi connectivity index (χ1v) is 8.15. The van der Waals surface area contributed by atoms with Crippen molar-refractivity contribution in [1.82, 2.24) is 19.6 Å². The minimum Gasteiger partial charge on any atom is -0.301 e. The maximum absolute atomic E-state index is 8.94. The van der Waals surface area contributed by atoms with Gasteiger partial charge in [-0.2, -0.15) is 10.4 Å². The van der Waals surface area contributed by atoms with E-state index in [4.69, 9.17) is 5.26 Å². The van der Waals surface area contributed by atoms with Gasteiger partial charge in [0, 0.05) is 44.6 Å². The molecule has 0 N–H and O–H groups in total. The topological polar surface area (TPSA) is 48.1 Å². The van der Waals surface area contributed by atoms with Gasteiger partial charge in [0.25, 0.3) is 0 Å². The average Bonchev–Trinajstić information content (AvgIpc) is 3.05. The van der Waals surface area contributed by atoms with Gasteiger partial charge in [-0.1, -0.05) is 12.1 Å². The predicted octanol–water partition coefficient (Wildman–Crippen LogP) is 2.29. The first-order valence-electron chi connectivity index (χ1n) is 8.15. The second-order valence-electron chi connectivity index (χ2n) is 6.18. The highest BCUT2D eigenvalue weighted by Crippen LogP contribution is 2.15. The number of aromatic nitrogens is 2. The summed E-state index contributed by atoms with van der Waals surface area (Å²) in [5.41, 5.74) is 2.41. The molecule has 0 bridgehead atoms. The second kappa shape index (κ2) is 7.40. The Balaban J connectivity index is 1.60. The first kappa shape index (κ1) is 15.7. The number of rotatable bonds is 4. The van der Waals surface area contributed by atoms with Crippen molar-refractivity contribution in [2.24, 2.45) is 0 Å². The molecule has 5 heteroatoms. The number of hydrogen-bond acceptors (Lipinski definition) is 4. The summed E-state index contributed by atoms with van der Waals surface area (Å²) in [6.07, 6.45) is 5.44. The van der Waals surface area contributed by atoms with Crippen molar-refractivity contribution in [2.75, 3.05) is 26.7 Å². The minimum atomic E-state index is 0.396. The van der Waals surface area contributed by atoms with E-state index in [9.17, 15) is 0 Å². The molecule has 23 heavy (non-hydrogen) atoms. The Morgan fingerprint density at radius 2 is 2.04 bits per heavy atom. The summed E-state index contributed by atoms with van der Waals surface area (Å²) in [6, 6.07) is 13.2. The Kier molecular flexibility index (Phi) is 5.06. The Labute approximate surface area is 137 Å². The molecule has 5 nitrogen and oxygen atoms in total. The van der Waals surface area contributed by atoms with Gasteiger partial charge < -0.3 is 4.90 Å². The highest BCUT2D eigenvalue weighted by atomic mass is 15.3. The zero-order chi connectivity index (χ0) is 16.1. The van der Waals surface area contributed by atoms with E-state index in [1.54, 1.807) is 6.20 Å². The predicted molar refractivity (Wildman–Crippen MR) is 90.1 cm³/mol. The van der Waals surface area contributed by atoms with Gasteiger partial charge in [-0.05, 0) is 37.2 Å². The van der Waals surface area contributed by atoms with Gasteiger partial charge in [0.1, 0.15) is 0 Å². The van der Waals surface area contributed by atoms with Gasteiger partial charge in [-0.15, -0.1) is 0 Å². The molecule has 1 saturated heterocycles. The quantitative estimate of drug-likeness (QED) is 0.869. The Bertz CT molecular complexity index is 641. The number of nitrogens with zero attached hydrogens (tertiary/aromatic N) is 5. The van der Waals surface area contributed by atoms with Crippen LogP contribution < -0.4 is 0 Å². The van der Waals surface area contributed by atoms with Crippen molar-refractivity contribution in [1.29, 1.82) is 5.26 Å². The molecule has 120 valence electrons. The summed E-state index contributed by atoms with van der Waals surface area (Å²) < 4.78 is 1.87. The van der Waals surface area contributed by atoms with Gasteiger partial charge in [-0.3, -0.25) is 4.90 Å². The van der Waals surface area contributed by atoms with Gasteiger partial charge >= 0.3 is 0 Å². The standard InChI is InChI=1S/C18H23N5/c1-21-13-14-22(12-8-17(21)7-9-19)15-16-3-5-18(6-4-16)23-11-2-10-20-23/h2-6,10-11,17H,7-8,12-15H2,1H3. The molecule has 0 radical (unpaired) electrons. The summed E-state index contributed by atoms with van der Waals surface area (Å²) in [7, 11) is 2.13. The normalized spacial score (nSPS) is 20.1. The molecular formula is C18H23N5. The third kappa shape index (κ3) is 3.98. The fourth-order valence-corrected chi connectivity index (χ4v) is 3.10. The largest absolute Gasteiger partial charge is 0.301 e. The van der Waals surface area contributed by atoms with E-state index in [1.807, 2.05) is 16.9 Å². The van der Waals surface area contributed by atoms with Gasteiger partial charge in [0.15, 0.2) is 0 Å². The van der Waals surface area contributed by atoms with E-state index in [0.717, 1.165) is 38.3 Å². The molecule has 0 spiro atoms. The van der Waals surface area contributed by atoms with Crippen LogP contribution in [0.15, 0.2) is 42.7 Å². The summed E-state index contributed by atoms with van der Waals surface area (Å²) in [5.74, 6) is 0. The summed E-state index contributed by atoms with van der Waals surface area (Å²) >= 11 is 0. The molecule has 1 aliphatic rings. The second-order valence-corrected chi connectivity index (χ2v) is 6.18. The number of benzene rings is 1. The molecule has 1 aromatic heterocycles. The van der Waals surface area contributed by atoms with Crippen molar-refractivity contribution in [2.45, 2.75) is 25.4 Å². The van der Waals surface area contributed by atoms with Crippen molar-refractivity contribution >= 4 is 0 Å². The third-order valence-electron chi connectivity index (χ3n) is 4.61. The van der Waals surface area contributed by atoms with E-state index in [-0.39, 0.29) is 0 Å². The van der Waals surface area contributed by atoms with Crippen LogP contribution in [0.25, 0.3) is 5.69 Å². The fraction of sp³-hybridized carbons (Fsp3) is 0.444. The maximum Gasteiger partial charge on any atom is 0.0645 e. The van der Waals surface area contributed by atoms with Crippen LogP contribution in [0.5, 0.6) is 0 Å². The van der Waals surface area contributed by atoms with Crippen molar-refractivity contribution in [3.8, 4) is 11.8 Å². The van der Waals surface area contributed by atoms with Crippen LogP contribution in [0, 0.1) is 11.3 Å². The lowest BCUT2D eigenvalue weighted by molar-refractivity contribution is 0.248. The van der Waals surface area contributed by atoms with E-state index in [1.165, 1.54) is 5.56 Å². The molecule has 0 aliphatic carbocycles. The minimum absolute atomic E-state index is 0.396. The number of nitriles is 1. The lowest BCUT2D eigenvalue weighted by Gasteiger charge is -2.22. The van der Waals surface area contributed by atoms with Gasteiger partial charge in [0.05, 0.1) is 18.2 Å². The summed E-state index contributed by atoms with van der Waals surface area (Å²) in [6.45, 7) is 4.10. The first-order chi connectivity index (χ1) is 11.3. The molecule has 1 aromatic carbocycles. The molecule has 1 unspecified atom stereocenters. The van der Waals surface area contributed by atoms with Crippen LogP contribution in [0.4, 0.5) is 0 Å². The third-order valence-corrected chi connectivity index (χ3v) is 4.61. The SMILES string of the molecule is CN1CCN(Cc2ccc(-n3cccn3)cc2)CCC1CC#N. The van der Waals surface area contributed by atoms with Crippen LogP contribution >= 0.6 is 0 Å². The summed E-state index contributed by atoms with van der Waals surface area (Å²) in [5, 5.41) is 13.2. The molecule has 3 rings (SSSR count). The molecular weight excluding hydrogens is 286 g/mol. The molecule has 1 atom stereocenters. The highest BCUT2D eigenvalue weighted by Gasteiger charge is 2.20. The van der Waals surface area contributed by atoms with Crippen LogP contribution in [-0.4, -0.2) is 52.3 Å². The fourth-order valence-electron chi connectivity index (χ4n) is 3.10. The highest BCUT2D eigenvalue weighted by molar-refractivity contribution is 5.33. The molecule has 0 saturated carbocycles. The monoisotopic (exact) mass is 309 g/mol. The molecule has 2 aromatic rings. The van der Waals surface area contributed by atoms with E-state index in [0.29, 0.717) is 12.5 Å². The zero-order valence-electron chi connectivity index (χ0n) is 13.6. The molecule has 1 fully saturated rings. The molecule has 2 heterocycles. The van der Waals surface area contributed by atoms with Crippen molar-refractivity contribution < 1.29 is 0 Å². The number of hydrogen-bond donors (Lipinski definition) is 0.